The Balaban J connectivity index is 1.89. The average molecular weight is 258 g/mol. The fourth-order valence-corrected chi connectivity index (χ4v) is 3.40. The molecule has 3 rings (SSSR count). The summed E-state index contributed by atoms with van der Waals surface area (Å²) in [6, 6.07) is -0.276. The number of fused-ring (bicyclic) bond motifs is 3. The SMILES string of the molecule is CC1(C)O[C@H]2[C@H](O)[C@H](CO)N3CCCN[C@@H]3[C@H]2O1. The smallest absolute Gasteiger partial charge is 0.164 e. The Bertz CT molecular complexity index is 325. The van der Waals surface area contributed by atoms with E-state index in [0.29, 0.717) is 0 Å². The van der Waals surface area contributed by atoms with Crippen LogP contribution in [0.3, 0.4) is 0 Å². The first kappa shape index (κ1) is 12.8. The number of piperidine rings is 1. The Hall–Kier alpha value is -0.240. The molecule has 5 atom stereocenters. The van der Waals surface area contributed by atoms with Crippen molar-refractivity contribution in [3.63, 3.8) is 0 Å². The molecular formula is C12H22N2O4. The molecule has 6 nitrogen and oxygen atoms in total. The van der Waals surface area contributed by atoms with Gasteiger partial charge in [0.15, 0.2) is 5.79 Å². The Morgan fingerprint density at radius 1 is 1.33 bits per heavy atom. The quantitative estimate of drug-likeness (QED) is 0.552. The topological polar surface area (TPSA) is 74.2 Å². The van der Waals surface area contributed by atoms with E-state index in [0.717, 1.165) is 19.5 Å². The first-order valence-electron chi connectivity index (χ1n) is 6.67. The highest BCUT2D eigenvalue weighted by Gasteiger charge is 2.56. The molecule has 0 aromatic carbocycles. The van der Waals surface area contributed by atoms with Crippen LogP contribution < -0.4 is 5.32 Å². The van der Waals surface area contributed by atoms with Crippen LogP contribution in [0.2, 0.25) is 0 Å². The lowest BCUT2D eigenvalue weighted by Crippen LogP contribution is -2.72. The molecule has 0 radical (unpaired) electrons. The molecule has 0 unspecified atom stereocenters. The fourth-order valence-electron chi connectivity index (χ4n) is 3.40. The Morgan fingerprint density at radius 3 is 2.78 bits per heavy atom. The van der Waals surface area contributed by atoms with Crippen LogP contribution in [0, 0.1) is 0 Å². The molecule has 0 aliphatic carbocycles. The molecule has 6 heteroatoms. The molecular weight excluding hydrogens is 236 g/mol. The third-order valence-corrected chi connectivity index (χ3v) is 4.12. The predicted molar refractivity (Wildman–Crippen MR) is 63.8 cm³/mol. The summed E-state index contributed by atoms with van der Waals surface area (Å²) in [6.45, 7) is 5.46. The van der Waals surface area contributed by atoms with E-state index in [9.17, 15) is 10.2 Å². The number of aliphatic hydroxyl groups is 2. The number of ether oxygens (including phenoxy) is 2. The van der Waals surface area contributed by atoms with Crippen LogP contribution in [0.4, 0.5) is 0 Å². The molecule has 0 amide bonds. The highest BCUT2D eigenvalue weighted by molar-refractivity contribution is 5.05. The van der Waals surface area contributed by atoms with E-state index in [1.54, 1.807) is 0 Å². The Labute approximate surface area is 107 Å². The molecule has 3 aliphatic heterocycles. The normalized spacial score (nSPS) is 47.7. The second kappa shape index (κ2) is 4.40. The third kappa shape index (κ3) is 1.88. The maximum Gasteiger partial charge on any atom is 0.164 e. The van der Waals surface area contributed by atoms with Gasteiger partial charge in [0.25, 0.3) is 0 Å². The minimum atomic E-state index is -0.710. The monoisotopic (exact) mass is 258 g/mol. The van der Waals surface area contributed by atoms with Crippen molar-refractivity contribution in [2.24, 2.45) is 0 Å². The van der Waals surface area contributed by atoms with Crippen molar-refractivity contribution in [2.45, 2.75) is 56.6 Å². The van der Waals surface area contributed by atoms with Gasteiger partial charge in [-0.15, -0.1) is 0 Å². The van der Waals surface area contributed by atoms with Gasteiger partial charge in [-0.3, -0.25) is 10.2 Å². The largest absolute Gasteiger partial charge is 0.395 e. The molecule has 0 bridgehead atoms. The van der Waals surface area contributed by atoms with Gasteiger partial charge in [0.1, 0.15) is 18.3 Å². The van der Waals surface area contributed by atoms with Crippen LogP contribution in [-0.2, 0) is 9.47 Å². The van der Waals surface area contributed by atoms with Crippen molar-refractivity contribution in [2.75, 3.05) is 19.7 Å². The lowest BCUT2D eigenvalue weighted by Gasteiger charge is -2.50. The van der Waals surface area contributed by atoms with E-state index < -0.39 is 11.9 Å². The van der Waals surface area contributed by atoms with Crippen molar-refractivity contribution < 1.29 is 19.7 Å². The first-order valence-corrected chi connectivity index (χ1v) is 6.67. The number of aliphatic hydroxyl groups excluding tert-OH is 2. The van der Waals surface area contributed by atoms with E-state index in [1.807, 2.05) is 13.8 Å². The van der Waals surface area contributed by atoms with Crippen molar-refractivity contribution in [1.82, 2.24) is 10.2 Å². The molecule has 0 spiro atoms. The van der Waals surface area contributed by atoms with E-state index in [2.05, 4.69) is 10.2 Å². The molecule has 0 saturated carbocycles. The molecule has 3 heterocycles. The van der Waals surface area contributed by atoms with Gasteiger partial charge < -0.3 is 19.7 Å². The highest BCUT2D eigenvalue weighted by Crippen LogP contribution is 2.38. The lowest BCUT2D eigenvalue weighted by molar-refractivity contribution is -0.155. The zero-order valence-electron chi connectivity index (χ0n) is 10.9. The lowest BCUT2D eigenvalue weighted by atomic mass is 9.90. The molecule has 3 saturated heterocycles. The molecule has 3 fully saturated rings. The third-order valence-electron chi connectivity index (χ3n) is 4.12. The van der Waals surface area contributed by atoms with Gasteiger partial charge in [0.2, 0.25) is 0 Å². The van der Waals surface area contributed by atoms with Crippen molar-refractivity contribution >= 4 is 0 Å². The van der Waals surface area contributed by atoms with Gasteiger partial charge in [0, 0.05) is 6.54 Å². The van der Waals surface area contributed by atoms with Crippen LogP contribution in [0.15, 0.2) is 0 Å². The summed E-state index contributed by atoms with van der Waals surface area (Å²) in [5.41, 5.74) is 0. The first-order chi connectivity index (χ1) is 8.53. The van der Waals surface area contributed by atoms with Gasteiger partial charge in [-0.25, -0.2) is 0 Å². The van der Waals surface area contributed by atoms with E-state index in [4.69, 9.17) is 9.47 Å². The molecule has 104 valence electrons. The van der Waals surface area contributed by atoms with Crippen molar-refractivity contribution in [3.8, 4) is 0 Å². The number of hydrogen-bond donors (Lipinski definition) is 3. The predicted octanol–water partition coefficient (Wildman–Crippen LogP) is -1.14. The summed E-state index contributed by atoms with van der Waals surface area (Å²) in [4.78, 5) is 2.11. The maximum atomic E-state index is 10.4. The summed E-state index contributed by atoms with van der Waals surface area (Å²) in [5, 5.41) is 23.3. The second-order valence-corrected chi connectivity index (χ2v) is 5.80. The Kier molecular flexibility index (Phi) is 3.12. The van der Waals surface area contributed by atoms with Crippen LogP contribution in [0.1, 0.15) is 20.3 Å². The number of rotatable bonds is 1. The zero-order chi connectivity index (χ0) is 12.9. The molecule has 0 aromatic heterocycles. The fraction of sp³-hybridized carbons (Fsp3) is 1.00. The van der Waals surface area contributed by atoms with E-state index in [1.165, 1.54) is 0 Å². The van der Waals surface area contributed by atoms with Gasteiger partial charge in [-0.2, -0.15) is 0 Å². The van der Waals surface area contributed by atoms with Gasteiger partial charge in [-0.1, -0.05) is 0 Å². The number of nitrogens with one attached hydrogen (secondary N) is 1. The summed E-state index contributed by atoms with van der Waals surface area (Å²) in [5.74, 6) is -0.675. The van der Waals surface area contributed by atoms with Crippen molar-refractivity contribution in [1.29, 1.82) is 0 Å². The van der Waals surface area contributed by atoms with E-state index in [-0.39, 0.29) is 31.0 Å². The average Bonchev–Trinajstić information content (AvgIpc) is 2.66. The van der Waals surface area contributed by atoms with Gasteiger partial charge >= 0.3 is 0 Å². The van der Waals surface area contributed by atoms with Gasteiger partial charge in [-0.05, 0) is 26.8 Å². The minimum Gasteiger partial charge on any atom is -0.395 e. The number of nitrogens with zero attached hydrogens (tertiary/aromatic N) is 1. The van der Waals surface area contributed by atoms with Gasteiger partial charge in [0.05, 0.1) is 18.8 Å². The summed E-state index contributed by atoms with van der Waals surface area (Å²) < 4.78 is 11.7. The maximum absolute atomic E-state index is 10.4. The summed E-state index contributed by atoms with van der Waals surface area (Å²) in [6.07, 6.45) is -0.229. The van der Waals surface area contributed by atoms with Crippen LogP contribution in [-0.4, -0.2) is 71.1 Å². The van der Waals surface area contributed by atoms with Crippen LogP contribution in [0.25, 0.3) is 0 Å². The standard InChI is InChI=1S/C12H22N2O4/c1-12(2)17-9-8(16)7(6-15)14-5-3-4-13-11(14)10(9)18-12/h7-11,13,15-16H,3-6H2,1-2H3/t7-,8+,9-,10-,11-/m0/s1. The van der Waals surface area contributed by atoms with Crippen LogP contribution in [0.5, 0.6) is 0 Å². The Morgan fingerprint density at radius 2 is 2.06 bits per heavy atom. The molecule has 3 N–H and O–H groups in total. The molecule has 0 aromatic rings. The summed E-state index contributed by atoms with van der Waals surface area (Å²) >= 11 is 0. The number of hydrogen-bond acceptors (Lipinski definition) is 6. The highest BCUT2D eigenvalue weighted by atomic mass is 16.8. The minimum absolute atomic E-state index is 0.0195. The summed E-state index contributed by atoms with van der Waals surface area (Å²) in [7, 11) is 0. The zero-order valence-corrected chi connectivity index (χ0v) is 10.9. The molecule has 18 heavy (non-hydrogen) atoms. The van der Waals surface area contributed by atoms with Crippen LogP contribution >= 0.6 is 0 Å². The second-order valence-electron chi connectivity index (χ2n) is 5.80. The van der Waals surface area contributed by atoms with E-state index >= 15 is 0 Å². The molecule has 3 aliphatic rings. The van der Waals surface area contributed by atoms with Crippen molar-refractivity contribution in [3.05, 3.63) is 0 Å².